The Bertz CT molecular complexity index is 334. The second-order valence-electron chi connectivity index (χ2n) is 4.14. The molecule has 0 spiro atoms. The molecule has 1 aliphatic rings. The van der Waals surface area contributed by atoms with Crippen molar-refractivity contribution in [1.82, 2.24) is 0 Å². The number of rotatable bonds is 2. The van der Waals surface area contributed by atoms with Gasteiger partial charge in [0.25, 0.3) is 0 Å². The molecule has 0 bridgehead atoms. The van der Waals surface area contributed by atoms with E-state index in [2.05, 4.69) is 5.32 Å². The van der Waals surface area contributed by atoms with Crippen LogP contribution in [0.15, 0.2) is 18.2 Å². The predicted molar refractivity (Wildman–Crippen MR) is 63.6 cm³/mol. The fourth-order valence-electron chi connectivity index (χ4n) is 2.09. The lowest BCUT2D eigenvalue weighted by Crippen LogP contribution is -2.22. The van der Waals surface area contributed by atoms with Gasteiger partial charge in [-0.15, -0.1) is 0 Å². The molecule has 1 fully saturated rings. The maximum Gasteiger partial charge on any atom is 0.117 e. The Morgan fingerprint density at radius 1 is 1.20 bits per heavy atom. The molecule has 3 heteroatoms. The molecule has 2 rings (SSSR count). The van der Waals surface area contributed by atoms with Crippen molar-refractivity contribution in [3.63, 3.8) is 0 Å². The lowest BCUT2D eigenvalue weighted by molar-refractivity contribution is 0.462. The third-order valence-corrected chi connectivity index (χ3v) is 3.23. The molecule has 0 unspecified atom stereocenters. The summed E-state index contributed by atoms with van der Waals surface area (Å²) in [4.78, 5) is 0. The Hall–Kier alpha value is -0.890. The van der Waals surface area contributed by atoms with E-state index in [0.29, 0.717) is 11.1 Å². The fourth-order valence-corrected chi connectivity index (χ4v) is 2.32. The van der Waals surface area contributed by atoms with Crippen LogP contribution in [-0.4, -0.2) is 11.1 Å². The summed E-state index contributed by atoms with van der Waals surface area (Å²) in [6.07, 6.45) is 6.39. The Morgan fingerprint density at radius 2 is 1.93 bits per heavy atom. The highest BCUT2D eigenvalue weighted by molar-refractivity contribution is 6.33. The summed E-state index contributed by atoms with van der Waals surface area (Å²) >= 11 is 6.03. The summed E-state index contributed by atoms with van der Waals surface area (Å²) in [5.41, 5.74) is 0.932. The van der Waals surface area contributed by atoms with Crippen LogP contribution in [0.25, 0.3) is 0 Å². The highest BCUT2D eigenvalue weighted by atomic mass is 35.5. The van der Waals surface area contributed by atoms with Crippen molar-refractivity contribution < 1.29 is 5.11 Å². The van der Waals surface area contributed by atoms with E-state index in [4.69, 9.17) is 11.6 Å². The predicted octanol–water partition coefficient (Wildman–Crippen LogP) is 3.79. The highest BCUT2D eigenvalue weighted by Gasteiger charge is 2.14. The van der Waals surface area contributed by atoms with Crippen LogP contribution in [0.5, 0.6) is 5.75 Å². The first-order valence-electron chi connectivity index (χ1n) is 5.51. The molecule has 0 amide bonds. The van der Waals surface area contributed by atoms with E-state index >= 15 is 0 Å². The van der Waals surface area contributed by atoms with Gasteiger partial charge in [-0.25, -0.2) is 0 Å². The topological polar surface area (TPSA) is 32.3 Å². The average Bonchev–Trinajstić information content (AvgIpc) is 2.24. The zero-order valence-corrected chi connectivity index (χ0v) is 9.43. The number of phenolic OH excluding ortho intramolecular Hbond substituents is 1. The van der Waals surface area contributed by atoms with Crippen LogP contribution in [0.1, 0.15) is 32.1 Å². The zero-order chi connectivity index (χ0) is 10.7. The van der Waals surface area contributed by atoms with E-state index in [1.54, 1.807) is 12.1 Å². The minimum Gasteiger partial charge on any atom is -0.508 e. The molecule has 1 aliphatic carbocycles. The lowest BCUT2D eigenvalue weighted by Gasteiger charge is -2.24. The van der Waals surface area contributed by atoms with Crippen LogP contribution in [0.2, 0.25) is 5.02 Å². The molecular formula is C12H16ClNO. The Kier molecular flexibility index (Phi) is 3.37. The zero-order valence-electron chi connectivity index (χ0n) is 8.67. The number of aromatic hydroxyl groups is 1. The van der Waals surface area contributed by atoms with Crippen LogP contribution < -0.4 is 5.32 Å². The van der Waals surface area contributed by atoms with E-state index in [1.165, 1.54) is 32.1 Å². The van der Waals surface area contributed by atoms with Crippen molar-refractivity contribution >= 4 is 17.3 Å². The summed E-state index contributed by atoms with van der Waals surface area (Å²) in [6, 6.07) is 5.62. The van der Waals surface area contributed by atoms with Gasteiger partial charge in [0.05, 0.1) is 10.7 Å². The lowest BCUT2D eigenvalue weighted by atomic mass is 9.95. The van der Waals surface area contributed by atoms with Gasteiger partial charge in [-0.05, 0) is 25.0 Å². The van der Waals surface area contributed by atoms with Gasteiger partial charge in [0.1, 0.15) is 5.75 Å². The second kappa shape index (κ2) is 4.75. The van der Waals surface area contributed by atoms with Gasteiger partial charge < -0.3 is 10.4 Å². The van der Waals surface area contributed by atoms with E-state index < -0.39 is 0 Å². The van der Waals surface area contributed by atoms with Crippen LogP contribution in [0.4, 0.5) is 5.69 Å². The fraction of sp³-hybridized carbons (Fsp3) is 0.500. The maximum absolute atomic E-state index is 9.23. The monoisotopic (exact) mass is 225 g/mol. The van der Waals surface area contributed by atoms with Crippen molar-refractivity contribution in [2.45, 2.75) is 38.1 Å². The minimum atomic E-state index is 0.217. The molecule has 0 heterocycles. The van der Waals surface area contributed by atoms with E-state index in [-0.39, 0.29) is 5.75 Å². The molecular weight excluding hydrogens is 210 g/mol. The van der Waals surface area contributed by atoms with Gasteiger partial charge in [0.15, 0.2) is 0 Å². The highest BCUT2D eigenvalue weighted by Crippen LogP contribution is 2.29. The first kappa shape index (κ1) is 10.6. The van der Waals surface area contributed by atoms with Gasteiger partial charge in [-0.2, -0.15) is 0 Å². The summed E-state index contributed by atoms with van der Waals surface area (Å²) in [6.45, 7) is 0. The Morgan fingerprint density at radius 3 is 2.60 bits per heavy atom. The first-order valence-corrected chi connectivity index (χ1v) is 5.88. The SMILES string of the molecule is Oc1ccc(NC2CCCCC2)c(Cl)c1. The van der Waals surface area contributed by atoms with E-state index in [1.807, 2.05) is 6.07 Å². The number of phenols is 1. The molecule has 0 atom stereocenters. The number of nitrogens with one attached hydrogen (secondary N) is 1. The Labute approximate surface area is 95.3 Å². The van der Waals surface area contributed by atoms with Crippen molar-refractivity contribution in [1.29, 1.82) is 0 Å². The van der Waals surface area contributed by atoms with Gasteiger partial charge in [-0.1, -0.05) is 30.9 Å². The third-order valence-electron chi connectivity index (χ3n) is 2.92. The van der Waals surface area contributed by atoms with Gasteiger partial charge in [0, 0.05) is 12.1 Å². The maximum atomic E-state index is 9.23. The van der Waals surface area contributed by atoms with Crippen molar-refractivity contribution in [2.24, 2.45) is 0 Å². The van der Waals surface area contributed by atoms with Crippen molar-refractivity contribution in [3.05, 3.63) is 23.2 Å². The molecule has 0 aromatic heterocycles. The quantitative estimate of drug-likeness (QED) is 0.751. The number of halogens is 1. The molecule has 0 saturated heterocycles. The van der Waals surface area contributed by atoms with Crippen LogP contribution in [0.3, 0.4) is 0 Å². The smallest absolute Gasteiger partial charge is 0.117 e. The average molecular weight is 226 g/mol. The first-order chi connectivity index (χ1) is 7.25. The van der Waals surface area contributed by atoms with Crippen LogP contribution in [0, 0.1) is 0 Å². The minimum absolute atomic E-state index is 0.217. The molecule has 1 aromatic rings. The summed E-state index contributed by atoms with van der Waals surface area (Å²) in [5.74, 6) is 0.217. The molecule has 2 nitrogen and oxygen atoms in total. The van der Waals surface area contributed by atoms with E-state index in [0.717, 1.165) is 5.69 Å². The molecule has 2 N–H and O–H groups in total. The molecule has 1 saturated carbocycles. The number of anilines is 1. The Balaban J connectivity index is 2.03. The van der Waals surface area contributed by atoms with Gasteiger partial charge in [0.2, 0.25) is 0 Å². The normalized spacial score (nSPS) is 17.7. The molecule has 15 heavy (non-hydrogen) atoms. The van der Waals surface area contributed by atoms with Gasteiger partial charge >= 0.3 is 0 Å². The molecule has 0 radical (unpaired) electrons. The number of hydrogen-bond donors (Lipinski definition) is 2. The number of benzene rings is 1. The largest absolute Gasteiger partial charge is 0.508 e. The third kappa shape index (κ3) is 2.78. The van der Waals surface area contributed by atoms with Crippen LogP contribution in [-0.2, 0) is 0 Å². The van der Waals surface area contributed by atoms with Crippen LogP contribution >= 0.6 is 11.6 Å². The molecule has 1 aromatic carbocycles. The summed E-state index contributed by atoms with van der Waals surface area (Å²) in [7, 11) is 0. The molecule has 0 aliphatic heterocycles. The van der Waals surface area contributed by atoms with E-state index in [9.17, 15) is 5.11 Å². The molecule has 82 valence electrons. The van der Waals surface area contributed by atoms with Gasteiger partial charge in [-0.3, -0.25) is 0 Å². The summed E-state index contributed by atoms with van der Waals surface area (Å²) in [5, 5.41) is 13.3. The second-order valence-corrected chi connectivity index (χ2v) is 4.55. The summed E-state index contributed by atoms with van der Waals surface area (Å²) < 4.78 is 0. The van der Waals surface area contributed by atoms with Crippen molar-refractivity contribution in [3.8, 4) is 5.75 Å². The standard InChI is InChI=1S/C12H16ClNO/c13-11-8-10(15)6-7-12(11)14-9-4-2-1-3-5-9/h6-9,14-15H,1-5H2. The number of hydrogen-bond acceptors (Lipinski definition) is 2. The van der Waals surface area contributed by atoms with Crippen molar-refractivity contribution in [2.75, 3.05) is 5.32 Å².